The summed E-state index contributed by atoms with van der Waals surface area (Å²) < 4.78 is 53.2. The highest BCUT2D eigenvalue weighted by Gasteiger charge is 2.27. The summed E-state index contributed by atoms with van der Waals surface area (Å²) in [6.45, 7) is 19.2. The molecule has 3 aliphatic rings. The molecule has 7 rings (SSSR count). The summed E-state index contributed by atoms with van der Waals surface area (Å²) >= 11 is 0. The van der Waals surface area contributed by atoms with E-state index >= 15 is 0 Å². The van der Waals surface area contributed by atoms with E-state index in [4.69, 9.17) is 15.4 Å². The predicted octanol–water partition coefficient (Wildman–Crippen LogP) is 8.78. The van der Waals surface area contributed by atoms with Crippen molar-refractivity contribution < 1.29 is 21.6 Å². The molecule has 0 unspecified atom stereocenters. The number of ether oxygens (including phenoxy) is 1. The van der Waals surface area contributed by atoms with Crippen molar-refractivity contribution in [2.24, 2.45) is 0 Å². The molecule has 0 saturated carbocycles. The van der Waals surface area contributed by atoms with Gasteiger partial charge in [0.25, 0.3) is 9.05 Å². The van der Waals surface area contributed by atoms with Crippen LogP contribution in [0.5, 0.6) is 0 Å². The molecule has 3 heterocycles. The van der Waals surface area contributed by atoms with E-state index in [-0.39, 0.29) is 12.3 Å². The number of benzene rings is 4. The van der Waals surface area contributed by atoms with Gasteiger partial charge < -0.3 is 15.0 Å². The first kappa shape index (κ1) is 47.1. The Kier molecular flexibility index (Phi) is 21.3. The van der Waals surface area contributed by atoms with E-state index in [0.29, 0.717) is 18.0 Å². The molecule has 1 fully saturated rings. The average molecular weight is 801 g/mol. The first-order valence-electron chi connectivity index (χ1n) is 18.6. The van der Waals surface area contributed by atoms with Gasteiger partial charge in [-0.1, -0.05) is 112 Å². The molecule has 0 bridgehead atoms. The number of halogens is 1. The van der Waals surface area contributed by atoms with Crippen LogP contribution in [0, 0.1) is 13.8 Å². The Hall–Kier alpha value is -3.09. The maximum absolute atomic E-state index is 12.6. The standard InChI is InChI=1S/C16H17NO2S.C9H11N.C7H7ClO2S.C6H15N.C4H8O.CH4/c1-13-6-8-16(9-7-13)20(18,19)17-11-10-14-4-2-3-5-15(14)12-17;1-2-4-9-7-10-6-5-8(9)3-1;1-6-2-4-7(5-3-6)11(8,9)10;1-4-7(5-2)6-3;1-2-4-5-3-1;/h2-9H,10-12H2,1H3;1-4,10H,5-7H2;2-5H,1H3;4-6H2,1-3H3;1-4H2;1H4. The van der Waals surface area contributed by atoms with Crippen LogP contribution in [0.25, 0.3) is 0 Å². The zero-order valence-corrected chi connectivity index (χ0v) is 34.4. The Balaban J connectivity index is 0.000000253. The van der Waals surface area contributed by atoms with E-state index < -0.39 is 19.1 Å². The van der Waals surface area contributed by atoms with Gasteiger partial charge in [-0.05, 0) is 112 Å². The van der Waals surface area contributed by atoms with Crippen LogP contribution in [0.1, 0.15) is 74.4 Å². The molecule has 0 aliphatic carbocycles. The van der Waals surface area contributed by atoms with Crippen LogP contribution in [0.4, 0.5) is 0 Å². The second-order valence-corrected chi connectivity index (χ2v) is 17.6. The molecule has 1 N–H and O–H groups in total. The van der Waals surface area contributed by atoms with Gasteiger partial charge in [0.05, 0.1) is 9.79 Å². The summed E-state index contributed by atoms with van der Waals surface area (Å²) in [6.07, 6.45) is 4.53. The number of sulfonamides is 1. The number of hydrogen-bond acceptors (Lipinski definition) is 7. The molecule has 298 valence electrons. The fraction of sp³-hybridized carbons (Fsp3) is 0.442. The third-order valence-corrected chi connectivity index (χ3v) is 12.5. The zero-order chi connectivity index (χ0) is 38.7. The molecule has 0 atom stereocenters. The molecule has 11 heteroatoms. The highest BCUT2D eigenvalue weighted by Crippen LogP contribution is 2.25. The molecule has 3 aliphatic heterocycles. The van der Waals surface area contributed by atoms with Crippen molar-refractivity contribution in [2.45, 2.75) is 90.6 Å². The third kappa shape index (κ3) is 15.9. The topological polar surface area (TPSA) is 96.0 Å². The summed E-state index contributed by atoms with van der Waals surface area (Å²) in [4.78, 5) is 2.90. The summed E-state index contributed by atoms with van der Waals surface area (Å²) in [5.74, 6) is 0. The predicted molar refractivity (Wildman–Crippen MR) is 225 cm³/mol. The van der Waals surface area contributed by atoms with Crippen LogP contribution in [0.3, 0.4) is 0 Å². The van der Waals surface area contributed by atoms with Gasteiger partial charge in [0, 0.05) is 43.5 Å². The second kappa shape index (κ2) is 24.4. The summed E-state index contributed by atoms with van der Waals surface area (Å²) in [7, 11) is -1.85. The van der Waals surface area contributed by atoms with E-state index in [0.717, 1.165) is 49.4 Å². The Morgan fingerprint density at radius 3 is 1.56 bits per heavy atom. The van der Waals surface area contributed by atoms with Crippen LogP contribution in [0.15, 0.2) is 107 Å². The van der Waals surface area contributed by atoms with Gasteiger partial charge in [-0.3, -0.25) is 0 Å². The van der Waals surface area contributed by atoms with E-state index in [1.807, 2.05) is 44.2 Å². The Bertz CT molecular complexity index is 1820. The summed E-state index contributed by atoms with van der Waals surface area (Å²) in [6, 6.07) is 30.1. The fourth-order valence-corrected chi connectivity index (χ4v) is 8.02. The molecule has 4 aromatic carbocycles. The minimum absolute atomic E-state index is 0. The molecule has 0 aromatic heterocycles. The largest absolute Gasteiger partial charge is 0.381 e. The molecular weight excluding hydrogens is 738 g/mol. The van der Waals surface area contributed by atoms with Gasteiger partial charge in [-0.15, -0.1) is 0 Å². The smallest absolute Gasteiger partial charge is 0.261 e. The summed E-state index contributed by atoms with van der Waals surface area (Å²) in [5, 5.41) is 3.34. The van der Waals surface area contributed by atoms with Crippen LogP contribution in [-0.2, 0) is 49.7 Å². The van der Waals surface area contributed by atoms with Crippen molar-refractivity contribution in [1.29, 1.82) is 0 Å². The zero-order valence-electron chi connectivity index (χ0n) is 32.1. The molecule has 4 aromatic rings. The molecule has 0 amide bonds. The maximum atomic E-state index is 12.6. The minimum atomic E-state index is -3.55. The lowest BCUT2D eigenvalue weighted by atomic mass is 10.0. The number of aryl methyl sites for hydroxylation is 2. The third-order valence-electron chi connectivity index (χ3n) is 9.23. The van der Waals surface area contributed by atoms with Crippen molar-refractivity contribution in [2.75, 3.05) is 45.9 Å². The van der Waals surface area contributed by atoms with Gasteiger partial charge >= 0.3 is 0 Å². The normalized spacial score (nSPS) is 14.8. The number of rotatable bonds is 6. The average Bonchev–Trinajstić information content (AvgIpc) is 3.77. The minimum Gasteiger partial charge on any atom is -0.381 e. The highest BCUT2D eigenvalue weighted by molar-refractivity contribution is 8.13. The number of nitrogens with one attached hydrogen (secondary N) is 1. The van der Waals surface area contributed by atoms with Crippen LogP contribution >= 0.6 is 10.7 Å². The lowest BCUT2D eigenvalue weighted by Crippen LogP contribution is -2.35. The van der Waals surface area contributed by atoms with Gasteiger partial charge in [0.2, 0.25) is 10.0 Å². The second-order valence-electron chi connectivity index (χ2n) is 13.1. The van der Waals surface area contributed by atoms with Crippen molar-refractivity contribution in [1.82, 2.24) is 14.5 Å². The number of nitrogens with zero attached hydrogens (tertiary/aromatic N) is 2. The van der Waals surface area contributed by atoms with E-state index in [2.05, 4.69) is 61.3 Å². The molecular formula is C43H62ClN3O5S2. The molecule has 1 saturated heterocycles. The Morgan fingerprint density at radius 2 is 1.13 bits per heavy atom. The van der Waals surface area contributed by atoms with E-state index in [9.17, 15) is 16.8 Å². The quantitative estimate of drug-likeness (QED) is 0.195. The summed E-state index contributed by atoms with van der Waals surface area (Å²) in [5.41, 5.74) is 7.41. The number of hydrogen-bond donors (Lipinski definition) is 1. The van der Waals surface area contributed by atoms with Crippen molar-refractivity contribution in [3.63, 3.8) is 0 Å². The van der Waals surface area contributed by atoms with E-state index in [1.165, 1.54) is 67.7 Å². The maximum Gasteiger partial charge on any atom is 0.261 e. The van der Waals surface area contributed by atoms with Gasteiger partial charge in [0.1, 0.15) is 0 Å². The first-order valence-corrected chi connectivity index (χ1v) is 22.4. The molecule has 0 spiro atoms. The Labute approximate surface area is 331 Å². The van der Waals surface area contributed by atoms with Gasteiger partial charge in [-0.25, -0.2) is 16.8 Å². The lowest BCUT2D eigenvalue weighted by molar-refractivity contribution is 0.198. The highest BCUT2D eigenvalue weighted by atomic mass is 35.7. The fourth-order valence-electron chi connectivity index (χ4n) is 5.84. The molecule has 54 heavy (non-hydrogen) atoms. The van der Waals surface area contributed by atoms with Crippen molar-refractivity contribution in [3.05, 3.63) is 130 Å². The van der Waals surface area contributed by atoms with Crippen LogP contribution < -0.4 is 5.32 Å². The van der Waals surface area contributed by atoms with Crippen LogP contribution in [0.2, 0.25) is 0 Å². The number of fused-ring (bicyclic) bond motifs is 2. The Morgan fingerprint density at radius 1 is 0.667 bits per heavy atom. The monoisotopic (exact) mass is 799 g/mol. The van der Waals surface area contributed by atoms with Gasteiger partial charge in [-0.2, -0.15) is 4.31 Å². The van der Waals surface area contributed by atoms with Crippen molar-refractivity contribution in [3.8, 4) is 0 Å². The molecule has 0 radical (unpaired) electrons. The van der Waals surface area contributed by atoms with E-state index in [1.54, 1.807) is 28.6 Å². The first-order chi connectivity index (χ1) is 25.4. The lowest BCUT2D eigenvalue weighted by Gasteiger charge is -2.28. The van der Waals surface area contributed by atoms with Gasteiger partial charge in [0.15, 0.2) is 0 Å². The van der Waals surface area contributed by atoms with Crippen molar-refractivity contribution >= 4 is 29.8 Å². The SMILES string of the molecule is C.C1CCOC1.CCN(CC)CC.Cc1ccc(S(=O)(=O)Cl)cc1.Cc1ccc(S(=O)(=O)N2CCc3ccccc3C2)cc1.c1ccc2c(c1)CCNC2. The molecule has 8 nitrogen and oxygen atoms in total. The van der Waals surface area contributed by atoms with Crippen LogP contribution in [-0.4, -0.2) is 72.0 Å².